The van der Waals surface area contributed by atoms with Crippen molar-refractivity contribution in [3.05, 3.63) is 33.8 Å². The molecule has 0 amide bonds. The maximum Gasteiger partial charge on any atom is 0.119 e. The quantitative estimate of drug-likeness (QED) is 0.616. The summed E-state index contributed by atoms with van der Waals surface area (Å²) in [7, 11) is 2.15. The van der Waals surface area contributed by atoms with Crippen LogP contribution in [0.2, 0.25) is 5.02 Å². The highest BCUT2D eigenvalue weighted by Gasteiger charge is 2.07. The second kappa shape index (κ2) is 3.12. The van der Waals surface area contributed by atoms with E-state index in [4.69, 9.17) is 11.6 Å². The third-order valence-electron chi connectivity index (χ3n) is 2.85. The van der Waals surface area contributed by atoms with Crippen molar-refractivity contribution in [1.29, 1.82) is 0 Å². The predicted octanol–water partition coefficient (Wildman–Crippen LogP) is -0.132. The Labute approximate surface area is 92.5 Å². The minimum atomic E-state index is 0.795. The summed E-state index contributed by atoms with van der Waals surface area (Å²) in [5.41, 5.74) is 1.16. The maximum absolute atomic E-state index is 6.00. The zero-order valence-electron chi connectivity index (χ0n) is 8.47. The first-order valence-corrected chi connectivity index (χ1v) is 5.43. The van der Waals surface area contributed by atoms with Crippen molar-refractivity contribution in [2.75, 3.05) is 13.6 Å². The molecule has 0 bridgehead atoms. The van der Waals surface area contributed by atoms with E-state index in [0.717, 1.165) is 17.1 Å². The first-order valence-electron chi connectivity index (χ1n) is 5.05. The average Bonchev–Trinajstić information content (AvgIpc) is 2.54. The topological polar surface area (TPSA) is 20.2 Å². The van der Waals surface area contributed by atoms with Gasteiger partial charge in [0.1, 0.15) is 18.1 Å². The summed E-state index contributed by atoms with van der Waals surface area (Å²) < 4.78 is 0. The highest BCUT2D eigenvalue weighted by atomic mass is 35.5. The molecule has 2 aromatic rings. The third kappa shape index (κ3) is 1.37. The maximum atomic E-state index is 6.00. The van der Waals surface area contributed by atoms with Gasteiger partial charge in [-0.05, 0) is 24.3 Å². The van der Waals surface area contributed by atoms with Crippen LogP contribution >= 0.6 is 11.6 Å². The van der Waals surface area contributed by atoms with Gasteiger partial charge >= 0.3 is 0 Å². The Kier molecular flexibility index (Phi) is 1.87. The van der Waals surface area contributed by atoms with E-state index >= 15 is 0 Å². The lowest BCUT2D eigenvalue weighted by molar-refractivity contribution is -0.785. The highest BCUT2D eigenvalue weighted by Crippen LogP contribution is 2.13. The van der Waals surface area contributed by atoms with Crippen molar-refractivity contribution >= 4 is 34.8 Å². The Bertz CT molecular complexity index is 639. The monoisotopic (exact) mass is 219 g/mol. The molecule has 15 heavy (non-hydrogen) atoms. The van der Waals surface area contributed by atoms with Crippen molar-refractivity contribution in [2.24, 2.45) is 0 Å². The van der Waals surface area contributed by atoms with E-state index in [0.29, 0.717) is 0 Å². The van der Waals surface area contributed by atoms with E-state index in [-0.39, 0.29) is 0 Å². The number of rotatable bonds is 0. The molecule has 1 aliphatic heterocycles. The van der Waals surface area contributed by atoms with E-state index < -0.39 is 0 Å². The molecule has 3 rings (SSSR count). The molecular weight excluding hydrogens is 208 g/mol. The van der Waals surface area contributed by atoms with E-state index in [1.54, 1.807) is 0 Å². The Morgan fingerprint density at radius 1 is 1.40 bits per heavy atom. The molecule has 0 aliphatic carbocycles. The van der Waals surface area contributed by atoms with E-state index in [9.17, 15) is 0 Å². The summed E-state index contributed by atoms with van der Waals surface area (Å²) in [6, 6.07) is 5.98. The number of halogens is 1. The largest absolute Gasteiger partial charge is 0.350 e. The Morgan fingerprint density at radius 2 is 2.27 bits per heavy atom. The number of fused-ring (bicyclic) bond motifs is 3. The highest BCUT2D eigenvalue weighted by molar-refractivity contribution is 6.31. The second-order valence-electron chi connectivity index (χ2n) is 4.04. The van der Waals surface area contributed by atoms with Gasteiger partial charge in [0.25, 0.3) is 0 Å². The van der Waals surface area contributed by atoms with E-state index in [2.05, 4.69) is 24.3 Å². The molecule has 0 saturated heterocycles. The van der Waals surface area contributed by atoms with E-state index in [1.807, 2.05) is 18.2 Å². The number of aromatic amines is 1. The van der Waals surface area contributed by atoms with Gasteiger partial charge in [-0.15, -0.1) is 0 Å². The third-order valence-corrected chi connectivity index (χ3v) is 3.09. The second-order valence-corrected chi connectivity index (χ2v) is 4.48. The molecule has 2 N–H and O–H groups in total. The molecule has 76 valence electrons. The molecular formula is C12H12ClN2+. The van der Waals surface area contributed by atoms with Crippen LogP contribution in [0.5, 0.6) is 0 Å². The number of H-pyrrole nitrogens is 1. The van der Waals surface area contributed by atoms with Gasteiger partial charge in [-0.2, -0.15) is 0 Å². The van der Waals surface area contributed by atoms with Gasteiger partial charge in [-0.25, -0.2) is 0 Å². The van der Waals surface area contributed by atoms with Crippen LogP contribution in [0.3, 0.4) is 0 Å². The van der Waals surface area contributed by atoms with Crippen LogP contribution in [0.1, 0.15) is 0 Å². The molecule has 3 heteroatoms. The lowest BCUT2D eigenvalue weighted by atomic mass is 10.2. The normalized spacial score (nSPS) is 19.5. The smallest absolute Gasteiger partial charge is 0.119 e. The van der Waals surface area contributed by atoms with Crippen molar-refractivity contribution in [3.63, 3.8) is 0 Å². The molecule has 2 nitrogen and oxygen atoms in total. The van der Waals surface area contributed by atoms with Gasteiger partial charge in [0, 0.05) is 21.1 Å². The number of hydrogen-bond acceptors (Lipinski definition) is 0. The van der Waals surface area contributed by atoms with Crippen LogP contribution in [0.15, 0.2) is 18.2 Å². The Balaban J connectivity index is 2.49. The van der Waals surface area contributed by atoms with Crippen LogP contribution in [0.4, 0.5) is 0 Å². The van der Waals surface area contributed by atoms with Crippen molar-refractivity contribution in [3.8, 4) is 0 Å². The SMILES string of the molecule is C[NH+]1C=c2[nH]c3ccc(Cl)cc3c2=CC1. The number of quaternary nitrogens is 1. The zero-order chi connectivity index (χ0) is 10.4. The van der Waals surface area contributed by atoms with Crippen molar-refractivity contribution < 1.29 is 4.90 Å². The summed E-state index contributed by atoms with van der Waals surface area (Å²) in [4.78, 5) is 4.80. The van der Waals surface area contributed by atoms with Crippen LogP contribution in [-0.4, -0.2) is 18.6 Å². The van der Waals surface area contributed by atoms with Gasteiger partial charge in [0.2, 0.25) is 0 Å². The fourth-order valence-electron chi connectivity index (χ4n) is 2.11. The van der Waals surface area contributed by atoms with Crippen molar-refractivity contribution in [1.82, 2.24) is 4.98 Å². The molecule has 2 heterocycles. The molecule has 0 fully saturated rings. The van der Waals surface area contributed by atoms with Crippen LogP contribution in [-0.2, 0) is 0 Å². The fraction of sp³-hybridized carbons (Fsp3) is 0.167. The van der Waals surface area contributed by atoms with Gasteiger partial charge < -0.3 is 9.88 Å². The van der Waals surface area contributed by atoms with Crippen LogP contribution in [0.25, 0.3) is 23.2 Å². The lowest BCUT2D eigenvalue weighted by Crippen LogP contribution is -3.04. The van der Waals surface area contributed by atoms with Gasteiger partial charge in [-0.3, -0.25) is 0 Å². The van der Waals surface area contributed by atoms with Gasteiger partial charge in [0.05, 0.1) is 7.05 Å². The average molecular weight is 220 g/mol. The summed E-state index contributed by atoms with van der Waals surface area (Å²) in [5, 5.41) is 4.51. The summed E-state index contributed by atoms with van der Waals surface area (Å²) in [6.07, 6.45) is 4.48. The van der Waals surface area contributed by atoms with Crippen LogP contribution < -0.4 is 15.5 Å². The first-order chi connectivity index (χ1) is 7.24. The molecule has 1 unspecified atom stereocenters. The van der Waals surface area contributed by atoms with Crippen molar-refractivity contribution in [2.45, 2.75) is 0 Å². The minimum absolute atomic E-state index is 0.795. The summed E-state index contributed by atoms with van der Waals surface area (Å²) in [6.45, 7) is 1.03. The molecule has 1 atom stereocenters. The summed E-state index contributed by atoms with van der Waals surface area (Å²) in [5.74, 6) is 0. The Morgan fingerprint density at radius 3 is 3.13 bits per heavy atom. The van der Waals surface area contributed by atoms with Crippen LogP contribution in [0, 0.1) is 0 Å². The lowest BCUT2D eigenvalue weighted by Gasteiger charge is -2.06. The Hall–Kier alpha value is -1.25. The molecule has 1 aromatic heterocycles. The molecule has 0 radical (unpaired) electrons. The zero-order valence-corrected chi connectivity index (χ0v) is 9.23. The van der Waals surface area contributed by atoms with E-state index in [1.165, 1.54) is 20.9 Å². The first kappa shape index (κ1) is 9.01. The molecule has 0 spiro atoms. The number of nitrogens with one attached hydrogen (secondary N) is 2. The molecule has 1 aromatic carbocycles. The predicted molar refractivity (Wildman–Crippen MR) is 63.2 cm³/mol. The molecule has 0 saturated carbocycles. The fourth-order valence-corrected chi connectivity index (χ4v) is 2.28. The number of aromatic nitrogens is 1. The standard InChI is InChI=1S/C12H11ClN2/c1-15-5-4-9-10-6-8(13)2-3-11(10)14-12(9)7-15/h2-4,6-7,14H,5H2,1H3/p+1. The summed E-state index contributed by atoms with van der Waals surface area (Å²) >= 11 is 6.00. The number of hydrogen-bond donors (Lipinski definition) is 2. The molecule has 1 aliphatic rings. The number of benzene rings is 1. The van der Waals surface area contributed by atoms with Gasteiger partial charge in [-0.1, -0.05) is 11.6 Å². The van der Waals surface area contributed by atoms with Gasteiger partial charge in [0.15, 0.2) is 0 Å². The minimum Gasteiger partial charge on any atom is -0.350 e.